The number of benzene rings is 1. The molecule has 1 aliphatic carbocycles. The minimum absolute atomic E-state index is 0.0915. The minimum Gasteiger partial charge on any atom is -0.338 e. The maximum Gasteiger partial charge on any atom is 0.401 e. The van der Waals surface area contributed by atoms with E-state index in [1.165, 1.54) is 0 Å². The van der Waals surface area contributed by atoms with Crippen molar-refractivity contribution in [1.82, 2.24) is 20.1 Å². The molecule has 1 fully saturated rings. The van der Waals surface area contributed by atoms with Crippen molar-refractivity contribution < 1.29 is 13.2 Å². The summed E-state index contributed by atoms with van der Waals surface area (Å²) < 4.78 is 38.6. The van der Waals surface area contributed by atoms with Gasteiger partial charge in [-0.25, -0.2) is 0 Å². The zero-order chi connectivity index (χ0) is 22.7. The number of H-pyrrole nitrogens is 1. The normalized spacial score (nSPS) is 19.1. The predicted octanol–water partition coefficient (Wildman–Crippen LogP) is 4.37. The maximum atomic E-state index is 12.6. The van der Waals surface area contributed by atoms with Gasteiger partial charge in [-0.05, 0) is 36.6 Å². The average Bonchev–Trinajstić information content (AvgIpc) is 3.13. The first-order chi connectivity index (χ1) is 15.4. The highest BCUT2D eigenvalue weighted by Gasteiger charge is 2.30. The molecule has 2 unspecified atom stereocenters. The molecule has 32 heavy (non-hydrogen) atoms. The van der Waals surface area contributed by atoms with E-state index in [1.807, 2.05) is 0 Å². The zero-order valence-corrected chi connectivity index (χ0v) is 17.2. The highest BCUT2D eigenvalue weighted by molar-refractivity contribution is 5.91. The van der Waals surface area contributed by atoms with Gasteiger partial charge < -0.3 is 15.6 Å². The van der Waals surface area contributed by atoms with E-state index in [-0.39, 0.29) is 24.1 Å². The molecule has 10 heteroatoms. The SMILES string of the molecule is N#CC1CCCCC1n1nc(Nc2ccc(CNCC(F)(F)F)cc2)c2c(=O)[nH]ccc21. The van der Waals surface area contributed by atoms with Gasteiger partial charge in [0.2, 0.25) is 0 Å². The molecule has 0 amide bonds. The Bertz CT molecular complexity index is 1180. The van der Waals surface area contributed by atoms with Gasteiger partial charge in [-0.2, -0.15) is 23.5 Å². The average molecular weight is 444 g/mol. The summed E-state index contributed by atoms with van der Waals surface area (Å²) in [5.74, 6) is 0.217. The van der Waals surface area contributed by atoms with Crippen LogP contribution in [0.2, 0.25) is 0 Å². The molecule has 0 aliphatic heterocycles. The van der Waals surface area contributed by atoms with E-state index in [1.54, 1.807) is 41.2 Å². The van der Waals surface area contributed by atoms with E-state index in [2.05, 4.69) is 26.8 Å². The van der Waals surface area contributed by atoms with Crippen LogP contribution in [0, 0.1) is 17.2 Å². The third kappa shape index (κ3) is 4.78. The number of aromatic nitrogens is 3. The van der Waals surface area contributed by atoms with Gasteiger partial charge in [-0.3, -0.25) is 9.48 Å². The van der Waals surface area contributed by atoms with E-state index in [0.29, 0.717) is 28.0 Å². The van der Waals surface area contributed by atoms with Gasteiger partial charge in [0.1, 0.15) is 5.39 Å². The molecule has 2 atom stereocenters. The molecule has 0 spiro atoms. The smallest absolute Gasteiger partial charge is 0.338 e. The van der Waals surface area contributed by atoms with Crippen molar-refractivity contribution in [3.63, 3.8) is 0 Å². The Morgan fingerprint density at radius 1 is 1.19 bits per heavy atom. The van der Waals surface area contributed by atoms with Crippen LogP contribution in [0.5, 0.6) is 0 Å². The van der Waals surface area contributed by atoms with Crippen LogP contribution in [0.1, 0.15) is 37.3 Å². The van der Waals surface area contributed by atoms with Gasteiger partial charge in [0.05, 0.1) is 30.1 Å². The van der Waals surface area contributed by atoms with Crippen LogP contribution < -0.4 is 16.2 Å². The summed E-state index contributed by atoms with van der Waals surface area (Å²) in [4.78, 5) is 15.2. The summed E-state index contributed by atoms with van der Waals surface area (Å²) in [6.07, 6.45) is 0.944. The third-order valence-electron chi connectivity index (χ3n) is 5.71. The number of nitrogens with zero attached hydrogens (tertiary/aromatic N) is 3. The van der Waals surface area contributed by atoms with E-state index in [0.717, 1.165) is 25.7 Å². The van der Waals surface area contributed by atoms with Crippen LogP contribution in [0.25, 0.3) is 10.9 Å². The van der Waals surface area contributed by atoms with Crippen molar-refractivity contribution in [1.29, 1.82) is 5.26 Å². The third-order valence-corrected chi connectivity index (χ3v) is 5.71. The number of fused-ring (bicyclic) bond motifs is 1. The first kappa shape index (κ1) is 21.9. The molecular weight excluding hydrogens is 421 g/mol. The fraction of sp³-hybridized carbons (Fsp3) is 0.409. The summed E-state index contributed by atoms with van der Waals surface area (Å²) >= 11 is 0. The van der Waals surface area contributed by atoms with Crippen LogP contribution >= 0.6 is 0 Å². The molecule has 0 saturated heterocycles. The van der Waals surface area contributed by atoms with Gasteiger partial charge in [0.25, 0.3) is 5.56 Å². The van der Waals surface area contributed by atoms with Crippen LogP contribution in [0.15, 0.2) is 41.3 Å². The number of hydrogen-bond acceptors (Lipinski definition) is 5. The van der Waals surface area contributed by atoms with Crippen molar-refractivity contribution in [3.8, 4) is 6.07 Å². The van der Waals surface area contributed by atoms with Crippen molar-refractivity contribution in [2.75, 3.05) is 11.9 Å². The molecule has 7 nitrogen and oxygen atoms in total. The topological polar surface area (TPSA) is 98.5 Å². The number of rotatable bonds is 6. The first-order valence-corrected chi connectivity index (χ1v) is 10.5. The Morgan fingerprint density at radius 3 is 2.66 bits per heavy atom. The maximum absolute atomic E-state index is 12.6. The summed E-state index contributed by atoms with van der Waals surface area (Å²) in [6.45, 7) is -0.960. The first-order valence-electron chi connectivity index (χ1n) is 10.5. The standard InChI is InChI=1S/C22H23F3N6O/c23-22(24,25)13-27-12-14-5-7-16(8-6-14)29-20-19-18(9-10-28-21(19)32)31(30-20)17-4-2-1-3-15(17)11-26/h5-10,15,17,27H,1-4,12-13H2,(H,28,32)(H,29,30). The summed E-state index contributed by atoms with van der Waals surface area (Å²) in [5.41, 5.74) is 1.73. The monoisotopic (exact) mass is 444 g/mol. The van der Waals surface area contributed by atoms with E-state index < -0.39 is 12.7 Å². The molecule has 2 heterocycles. The lowest BCUT2D eigenvalue weighted by Gasteiger charge is -2.27. The second-order valence-corrected chi connectivity index (χ2v) is 7.99. The number of nitrogens with one attached hydrogen (secondary N) is 3. The van der Waals surface area contributed by atoms with Crippen LogP contribution in [0.4, 0.5) is 24.7 Å². The Balaban J connectivity index is 1.58. The molecule has 1 aromatic carbocycles. The van der Waals surface area contributed by atoms with Gasteiger partial charge in [0, 0.05) is 18.4 Å². The zero-order valence-electron chi connectivity index (χ0n) is 17.2. The molecule has 1 aliphatic rings. The molecule has 0 radical (unpaired) electrons. The van der Waals surface area contributed by atoms with Gasteiger partial charge in [-0.1, -0.05) is 25.0 Å². The Kier molecular flexibility index (Phi) is 6.19. The molecule has 2 aromatic heterocycles. The summed E-state index contributed by atoms with van der Waals surface area (Å²) in [5, 5.41) is 20.2. The molecule has 4 rings (SSSR count). The highest BCUT2D eigenvalue weighted by atomic mass is 19.4. The highest BCUT2D eigenvalue weighted by Crippen LogP contribution is 2.36. The van der Waals surface area contributed by atoms with Crippen molar-refractivity contribution in [2.24, 2.45) is 5.92 Å². The van der Waals surface area contributed by atoms with Gasteiger partial charge >= 0.3 is 6.18 Å². The Labute approximate surface area is 182 Å². The summed E-state index contributed by atoms with van der Waals surface area (Å²) in [7, 11) is 0. The second-order valence-electron chi connectivity index (χ2n) is 7.99. The number of anilines is 2. The molecular formula is C22H23F3N6O. The second kappa shape index (κ2) is 9.04. The van der Waals surface area contributed by atoms with Crippen LogP contribution in [-0.2, 0) is 6.54 Å². The van der Waals surface area contributed by atoms with Gasteiger partial charge in [-0.15, -0.1) is 0 Å². The number of hydrogen-bond donors (Lipinski definition) is 3. The lowest BCUT2D eigenvalue weighted by molar-refractivity contribution is -0.125. The van der Waals surface area contributed by atoms with Gasteiger partial charge in [0.15, 0.2) is 5.82 Å². The van der Waals surface area contributed by atoms with Crippen molar-refractivity contribution in [3.05, 3.63) is 52.4 Å². The fourth-order valence-corrected chi connectivity index (χ4v) is 4.19. The van der Waals surface area contributed by atoms with E-state index >= 15 is 0 Å². The molecule has 1 saturated carbocycles. The lowest BCUT2D eigenvalue weighted by atomic mass is 9.85. The number of alkyl halides is 3. The number of aromatic amines is 1. The fourth-order valence-electron chi connectivity index (χ4n) is 4.19. The Morgan fingerprint density at radius 2 is 1.94 bits per heavy atom. The predicted molar refractivity (Wildman–Crippen MR) is 114 cm³/mol. The molecule has 0 bridgehead atoms. The van der Waals surface area contributed by atoms with Crippen LogP contribution in [-0.4, -0.2) is 27.5 Å². The largest absolute Gasteiger partial charge is 0.401 e. The number of nitriles is 1. The molecule has 168 valence electrons. The lowest BCUT2D eigenvalue weighted by Crippen LogP contribution is -2.28. The van der Waals surface area contributed by atoms with E-state index in [4.69, 9.17) is 0 Å². The van der Waals surface area contributed by atoms with E-state index in [9.17, 15) is 23.2 Å². The van der Waals surface area contributed by atoms with Crippen LogP contribution in [0.3, 0.4) is 0 Å². The quantitative estimate of drug-likeness (QED) is 0.524. The summed E-state index contributed by atoms with van der Waals surface area (Å²) in [6, 6.07) is 10.9. The molecule has 3 aromatic rings. The number of pyridine rings is 1. The number of halogens is 3. The molecule has 3 N–H and O–H groups in total. The Hall–Kier alpha value is -3.32. The minimum atomic E-state index is -4.25. The van der Waals surface area contributed by atoms with Crippen molar-refractivity contribution in [2.45, 2.75) is 44.4 Å². The van der Waals surface area contributed by atoms with Crippen molar-refractivity contribution >= 4 is 22.4 Å².